The quantitative estimate of drug-likeness (QED) is 0.901. The average Bonchev–Trinajstić information content (AvgIpc) is 3.31. The molecule has 0 radical (unpaired) electrons. The van der Waals surface area contributed by atoms with Gasteiger partial charge in [-0.15, -0.1) is 0 Å². The number of hydrogen-bond acceptors (Lipinski definition) is 1. The number of urea groups is 1. The van der Waals surface area contributed by atoms with Crippen LogP contribution in [0.1, 0.15) is 49.1 Å². The van der Waals surface area contributed by atoms with Crippen molar-refractivity contribution in [3.05, 3.63) is 35.1 Å². The third-order valence-corrected chi connectivity index (χ3v) is 4.20. The van der Waals surface area contributed by atoms with E-state index in [0.717, 1.165) is 31.5 Å². The van der Waals surface area contributed by atoms with Crippen LogP contribution in [0, 0.1) is 5.82 Å². The van der Waals surface area contributed by atoms with E-state index in [0.29, 0.717) is 11.5 Å². The van der Waals surface area contributed by atoms with E-state index in [9.17, 15) is 9.18 Å². The zero-order valence-corrected chi connectivity index (χ0v) is 11.7. The number of benzene rings is 1. The van der Waals surface area contributed by atoms with Crippen molar-refractivity contribution in [3.63, 3.8) is 0 Å². The smallest absolute Gasteiger partial charge is 0.317 e. The fourth-order valence-electron chi connectivity index (χ4n) is 2.76. The fraction of sp³-hybridized carbons (Fsp3) is 0.562. The second kappa shape index (κ2) is 5.81. The van der Waals surface area contributed by atoms with Crippen LogP contribution in [-0.2, 0) is 6.54 Å². The summed E-state index contributed by atoms with van der Waals surface area (Å²) in [6.45, 7) is 1.90. The Kier molecular flexibility index (Phi) is 3.90. The highest BCUT2D eigenvalue weighted by atomic mass is 19.1. The summed E-state index contributed by atoms with van der Waals surface area (Å²) in [6.07, 6.45) is 5.67. The third-order valence-electron chi connectivity index (χ3n) is 4.20. The molecule has 0 unspecified atom stereocenters. The summed E-state index contributed by atoms with van der Waals surface area (Å²) in [6, 6.07) is 5.35. The van der Waals surface area contributed by atoms with Gasteiger partial charge in [-0.25, -0.2) is 9.18 Å². The Morgan fingerprint density at radius 2 is 2.00 bits per heavy atom. The summed E-state index contributed by atoms with van der Waals surface area (Å²) in [4.78, 5) is 13.8. The molecular formula is C16H21FN2O. The second-order valence-electron chi connectivity index (χ2n) is 5.83. The number of likely N-dealkylation sites (tertiary alicyclic amines) is 1. The Labute approximate surface area is 119 Å². The van der Waals surface area contributed by atoms with Crippen LogP contribution in [0.3, 0.4) is 0 Å². The lowest BCUT2D eigenvalue weighted by molar-refractivity contribution is 0.186. The molecule has 1 saturated heterocycles. The molecule has 2 fully saturated rings. The molecule has 3 nitrogen and oxygen atoms in total. The maximum absolute atomic E-state index is 14.0. The van der Waals surface area contributed by atoms with Gasteiger partial charge in [0.1, 0.15) is 5.82 Å². The molecule has 0 atom stereocenters. The van der Waals surface area contributed by atoms with Crippen LogP contribution in [0.2, 0.25) is 0 Å². The summed E-state index contributed by atoms with van der Waals surface area (Å²) < 4.78 is 14.0. The van der Waals surface area contributed by atoms with Crippen molar-refractivity contribution in [2.24, 2.45) is 0 Å². The molecule has 1 aromatic rings. The van der Waals surface area contributed by atoms with E-state index in [1.54, 1.807) is 12.1 Å². The Hall–Kier alpha value is -1.58. The molecule has 1 aliphatic carbocycles. The summed E-state index contributed by atoms with van der Waals surface area (Å²) >= 11 is 0. The highest BCUT2D eigenvalue weighted by Crippen LogP contribution is 2.40. The maximum Gasteiger partial charge on any atom is 0.317 e. The average molecular weight is 276 g/mol. The van der Waals surface area contributed by atoms with Gasteiger partial charge in [-0.2, -0.15) is 0 Å². The van der Waals surface area contributed by atoms with Crippen LogP contribution < -0.4 is 5.32 Å². The number of nitrogens with one attached hydrogen (secondary N) is 1. The summed E-state index contributed by atoms with van der Waals surface area (Å²) in [5, 5.41) is 2.82. The molecule has 4 heteroatoms. The van der Waals surface area contributed by atoms with Crippen molar-refractivity contribution in [1.29, 1.82) is 0 Å². The van der Waals surface area contributed by atoms with Gasteiger partial charge >= 0.3 is 6.03 Å². The zero-order valence-electron chi connectivity index (χ0n) is 11.7. The Bertz CT molecular complexity index is 493. The first-order valence-electron chi connectivity index (χ1n) is 7.55. The first-order valence-corrected chi connectivity index (χ1v) is 7.55. The predicted octanol–water partition coefficient (Wildman–Crippen LogP) is 3.40. The number of rotatable bonds is 3. The normalized spacial score (nSPS) is 18.9. The molecule has 108 valence electrons. The van der Waals surface area contributed by atoms with Crippen molar-refractivity contribution >= 4 is 6.03 Å². The Morgan fingerprint density at radius 3 is 2.65 bits per heavy atom. The minimum Gasteiger partial charge on any atom is -0.334 e. The highest BCUT2D eigenvalue weighted by Gasteiger charge is 2.24. The number of carbonyl (C=O) groups is 1. The van der Waals surface area contributed by atoms with Crippen molar-refractivity contribution in [2.75, 3.05) is 13.1 Å². The first kappa shape index (κ1) is 13.4. The zero-order chi connectivity index (χ0) is 13.9. The number of amides is 2. The number of carbonyl (C=O) groups excluding carboxylic acids is 1. The minimum absolute atomic E-state index is 0.0737. The third kappa shape index (κ3) is 3.11. The fourth-order valence-corrected chi connectivity index (χ4v) is 2.76. The van der Waals surface area contributed by atoms with Gasteiger partial charge in [-0.3, -0.25) is 0 Å². The lowest BCUT2D eigenvalue weighted by atomic mass is 10.1. The molecule has 1 aromatic carbocycles. The van der Waals surface area contributed by atoms with Crippen molar-refractivity contribution in [3.8, 4) is 0 Å². The van der Waals surface area contributed by atoms with Gasteiger partial charge in [0.15, 0.2) is 0 Å². The molecule has 3 rings (SSSR count). The van der Waals surface area contributed by atoms with Crippen LogP contribution in [0.25, 0.3) is 0 Å². The molecular weight excluding hydrogens is 255 g/mol. The van der Waals surface area contributed by atoms with Crippen LogP contribution in [0.5, 0.6) is 0 Å². The van der Waals surface area contributed by atoms with Crippen LogP contribution in [0.15, 0.2) is 18.2 Å². The van der Waals surface area contributed by atoms with E-state index < -0.39 is 0 Å². The van der Waals surface area contributed by atoms with Gasteiger partial charge < -0.3 is 10.2 Å². The number of hydrogen-bond donors (Lipinski definition) is 1. The van der Waals surface area contributed by atoms with Gasteiger partial charge in [0.05, 0.1) is 0 Å². The maximum atomic E-state index is 14.0. The summed E-state index contributed by atoms with van der Waals surface area (Å²) in [7, 11) is 0. The van der Waals surface area contributed by atoms with E-state index >= 15 is 0 Å². The Morgan fingerprint density at radius 1 is 1.25 bits per heavy atom. The monoisotopic (exact) mass is 276 g/mol. The standard InChI is InChI=1S/C16H21FN2O/c17-15-10-13(12-4-5-12)6-7-14(15)11-18-16(20)19-8-2-1-3-9-19/h6-7,10,12H,1-5,8-9,11H2,(H,18,20). The molecule has 1 saturated carbocycles. The van der Waals surface area contributed by atoms with Crippen molar-refractivity contribution < 1.29 is 9.18 Å². The molecule has 20 heavy (non-hydrogen) atoms. The number of piperidine rings is 1. The number of halogens is 1. The second-order valence-corrected chi connectivity index (χ2v) is 5.83. The molecule has 2 amide bonds. The van der Waals surface area contributed by atoms with Gasteiger partial charge in [0.2, 0.25) is 0 Å². The summed E-state index contributed by atoms with van der Waals surface area (Å²) in [5.41, 5.74) is 1.66. The minimum atomic E-state index is -0.201. The Balaban J connectivity index is 1.56. The molecule has 1 heterocycles. The highest BCUT2D eigenvalue weighted by molar-refractivity contribution is 5.74. The SMILES string of the molecule is O=C(NCc1ccc(C2CC2)cc1F)N1CCCCC1. The van der Waals surface area contributed by atoms with E-state index in [1.165, 1.54) is 19.3 Å². The van der Waals surface area contributed by atoms with Crippen LogP contribution in [0.4, 0.5) is 9.18 Å². The largest absolute Gasteiger partial charge is 0.334 e. The van der Waals surface area contributed by atoms with Gasteiger partial charge in [-0.1, -0.05) is 12.1 Å². The number of nitrogens with zero attached hydrogens (tertiary/aromatic N) is 1. The van der Waals surface area contributed by atoms with Gasteiger partial charge in [-0.05, 0) is 49.7 Å². The molecule has 0 spiro atoms. The van der Waals surface area contributed by atoms with E-state index in [1.807, 2.05) is 11.0 Å². The molecule has 0 bridgehead atoms. The van der Waals surface area contributed by atoms with E-state index in [2.05, 4.69) is 5.32 Å². The van der Waals surface area contributed by atoms with Crippen LogP contribution in [-0.4, -0.2) is 24.0 Å². The van der Waals surface area contributed by atoms with Gasteiger partial charge in [0, 0.05) is 25.2 Å². The molecule has 0 aromatic heterocycles. The topological polar surface area (TPSA) is 32.3 Å². The van der Waals surface area contributed by atoms with Crippen molar-refractivity contribution in [2.45, 2.75) is 44.6 Å². The van der Waals surface area contributed by atoms with Crippen LogP contribution >= 0.6 is 0 Å². The lowest BCUT2D eigenvalue weighted by Gasteiger charge is -2.26. The van der Waals surface area contributed by atoms with E-state index in [4.69, 9.17) is 0 Å². The lowest BCUT2D eigenvalue weighted by Crippen LogP contribution is -2.42. The van der Waals surface area contributed by atoms with E-state index in [-0.39, 0.29) is 18.4 Å². The van der Waals surface area contributed by atoms with Gasteiger partial charge in [0.25, 0.3) is 0 Å². The first-order chi connectivity index (χ1) is 9.74. The predicted molar refractivity (Wildman–Crippen MR) is 76.0 cm³/mol. The van der Waals surface area contributed by atoms with Crippen molar-refractivity contribution in [1.82, 2.24) is 10.2 Å². The molecule has 1 N–H and O–H groups in total. The molecule has 1 aliphatic heterocycles. The molecule has 2 aliphatic rings. The summed E-state index contributed by atoms with van der Waals surface area (Å²) in [5.74, 6) is 0.356.